The number of rotatable bonds is 1. The summed E-state index contributed by atoms with van der Waals surface area (Å²) in [5.41, 5.74) is 1.30. The molecule has 5 nitrogen and oxygen atoms in total. The largest absolute Gasteiger partial charge is 0.277 e. The molecule has 1 atom stereocenters. The van der Waals surface area contributed by atoms with E-state index in [1.807, 2.05) is 0 Å². The maximum atomic E-state index is 10.8. The second-order valence-corrected chi connectivity index (χ2v) is 2.30. The molecule has 0 saturated carbocycles. The van der Waals surface area contributed by atoms with E-state index in [2.05, 4.69) is 15.7 Å². The molecule has 1 amide bonds. The van der Waals surface area contributed by atoms with Gasteiger partial charge in [-0.3, -0.25) is 4.79 Å². The summed E-state index contributed by atoms with van der Waals surface area (Å²) in [6, 6.07) is 0. The van der Waals surface area contributed by atoms with Crippen molar-refractivity contribution in [1.29, 1.82) is 0 Å². The summed E-state index contributed by atoms with van der Waals surface area (Å²) in [7, 11) is 0. The maximum absolute atomic E-state index is 10.8. The van der Waals surface area contributed by atoms with Gasteiger partial charge in [-0.25, -0.2) is 5.43 Å². The molecule has 1 aliphatic rings. The monoisotopic (exact) mass is 141 g/mol. The summed E-state index contributed by atoms with van der Waals surface area (Å²) >= 11 is 0. The molecule has 1 heterocycles. The molecular weight excluding hydrogens is 134 g/mol. The van der Waals surface area contributed by atoms with Crippen molar-refractivity contribution in [3.63, 3.8) is 0 Å². The lowest BCUT2D eigenvalue weighted by molar-refractivity contribution is -0.122. The lowest BCUT2D eigenvalue weighted by Crippen LogP contribution is -2.38. The number of hydrazone groups is 1. The number of nitrogens with zero attached hydrogens (tertiary/aromatic N) is 2. The molecule has 0 aromatic heterocycles. The number of nitrogens with one attached hydrogen (secondary N) is 1. The van der Waals surface area contributed by atoms with E-state index in [1.165, 1.54) is 6.92 Å². The number of hydrogen-bond acceptors (Lipinski definition) is 4. The Morgan fingerprint density at radius 1 is 1.70 bits per heavy atom. The Kier molecular flexibility index (Phi) is 1.28. The van der Waals surface area contributed by atoms with Crippen LogP contribution in [0.15, 0.2) is 10.3 Å². The zero-order valence-corrected chi connectivity index (χ0v) is 5.71. The van der Waals surface area contributed by atoms with Crippen LogP contribution in [0.4, 0.5) is 0 Å². The molecule has 5 heteroatoms. The minimum Gasteiger partial charge on any atom is -0.270 e. The van der Waals surface area contributed by atoms with Crippen molar-refractivity contribution in [3.8, 4) is 0 Å². The summed E-state index contributed by atoms with van der Waals surface area (Å²) < 4.78 is 0. The third kappa shape index (κ3) is 0.632. The van der Waals surface area contributed by atoms with Crippen LogP contribution < -0.4 is 5.43 Å². The van der Waals surface area contributed by atoms with E-state index >= 15 is 0 Å². The van der Waals surface area contributed by atoms with Gasteiger partial charge < -0.3 is 0 Å². The van der Waals surface area contributed by atoms with Crippen LogP contribution in [-0.2, 0) is 4.79 Å². The summed E-state index contributed by atoms with van der Waals surface area (Å²) in [4.78, 5) is 21.0. The molecule has 10 heavy (non-hydrogen) atoms. The van der Waals surface area contributed by atoms with E-state index in [1.54, 1.807) is 6.92 Å². The Hall–Kier alpha value is -1.26. The topological polar surface area (TPSA) is 70.9 Å². The van der Waals surface area contributed by atoms with Crippen LogP contribution in [0.3, 0.4) is 0 Å². The van der Waals surface area contributed by atoms with E-state index in [9.17, 15) is 9.70 Å². The van der Waals surface area contributed by atoms with Crippen LogP contribution in [0, 0.1) is 4.91 Å². The van der Waals surface area contributed by atoms with Crippen molar-refractivity contribution in [3.05, 3.63) is 4.91 Å². The first-order valence-corrected chi connectivity index (χ1v) is 2.81. The van der Waals surface area contributed by atoms with Crippen LogP contribution in [0.1, 0.15) is 13.8 Å². The standard InChI is InChI=1S/C5H7N3O2/c1-3-5(2,8-10)4(9)7-6-3/h1-2H3,(H,7,9). The zero-order valence-electron chi connectivity index (χ0n) is 5.71. The molecule has 0 aliphatic carbocycles. The van der Waals surface area contributed by atoms with E-state index in [0.717, 1.165) is 0 Å². The molecule has 1 N–H and O–H groups in total. The van der Waals surface area contributed by atoms with Gasteiger partial charge in [0.05, 0.1) is 5.71 Å². The fourth-order valence-corrected chi connectivity index (χ4v) is 0.624. The van der Waals surface area contributed by atoms with Gasteiger partial charge in [-0.2, -0.15) is 5.10 Å². The summed E-state index contributed by atoms with van der Waals surface area (Å²) in [5, 5.41) is 6.25. The van der Waals surface area contributed by atoms with Crippen molar-refractivity contribution in [2.45, 2.75) is 19.4 Å². The van der Waals surface area contributed by atoms with Crippen molar-refractivity contribution < 1.29 is 4.79 Å². The molecular formula is C5H7N3O2. The van der Waals surface area contributed by atoms with Crippen LogP contribution in [-0.4, -0.2) is 17.2 Å². The lowest BCUT2D eigenvalue weighted by atomic mass is 9.99. The smallest absolute Gasteiger partial charge is 0.270 e. The summed E-state index contributed by atoms with van der Waals surface area (Å²) in [6.45, 7) is 3.01. The van der Waals surface area contributed by atoms with Gasteiger partial charge in [0.2, 0.25) is 5.54 Å². The van der Waals surface area contributed by atoms with Crippen molar-refractivity contribution >= 4 is 11.6 Å². The summed E-state index contributed by atoms with van der Waals surface area (Å²) in [5.74, 6) is -0.458. The second-order valence-electron chi connectivity index (χ2n) is 2.30. The predicted octanol–water partition coefficient (Wildman–Crippen LogP) is 0.0172. The van der Waals surface area contributed by atoms with E-state index < -0.39 is 11.4 Å². The molecule has 0 radical (unpaired) electrons. The average molecular weight is 141 g/mol. The average Bonchev–Trinajstić information content (AvgIpc) is 2.18. The second kappa shape index (κ2) is 1.86. The van der Waals surface area contributed by atoms with Gasteiger partial charge in [0.25, 0.3) is 5.91 Å². The molecule has 1 unspecified atom stereocenters. The molecule has 1 rings (SSSR count). The Balaban J connectivity index is 3.03. The Bertz CT molecular complexity index is 223. The number of nitroso groups, excluding NO2 is 1. The number of amides is 1. The van der Waals surface area contributed by atoms with Gasteiger partial charge in [-0.1, -0.05) is 0 Å². The van der Waals surface area contributed by atoms with Crippen LogP contribution in [0.2, 0.25) is 0 Å². The highest BCUT2D eigenvalue weighted by Crippen LogP contribution is 2.16. The highest BCUT2D eigenvalue weighted by atomic mass is 16.3. The van der Waals surface area contributed by atoms with Crippen molar-refractivity contribution in [2.24, 2.45) is 10.3 Å². The van der Waals surface area contributed by atoms with Crippen molar-refractivity contribution in [1.82, 2.24) is 5.43 Å². The van der Waals surface area contributed by atoms with Gasteiger partial charge in [0.15, 0.2) is 0 Å². The fourth-order valence-electron chi connectivity index (χ4n) is 0.624. The van der Waals surface area contributed by atoms with Gasteiger partial charge in [-0.05, 0) is 19.0 Å². The minimum atomic E-state index is -1.28. The Labute approximate surface area is 57.5 Å². The van der Waals surface area contributed by atoms with Gasteiger partial charge in [0, 0.05) is 0 Å². The highest BCUT2D eigenvalue weighted by Gasteiger charge is 2.42. The minimum absolute atomic E-state index is 0.410. The van der Waals surface area contributed by atoms with Gasteiger partial charge >= 0.3 is 0 Å². The highest BCUT2D eigenvalue weighted by molar-refractivity contribution is 6.15. The van der Waals surface area contributed by atoms with E-state index in [0.29, 0.717) is 5.71 Å². The van der Waals surface area contributed by atoms with E-state index in [4.69, 9.17) is 0 Å². The third-order valence-corrected chi connectivity index (χ3v) is 1.65. The molecule has 0 bridgehead atoms. The molecule has 0 aromatic carbocycles. The van der Waals surface area contributed by atoms with E-state index in [-0.39, 0.29) is 0 Å². The first-order chi connectivity index (χ1) is 4.61. The fraction of sp³-hybridized carbons (Fsp3) is 0.600. The number of carbonyl (C=O) groups is 1. The van der Waals surface area contributed by atoms with Gasteiger partial charge in [0.1, 0.15) is 0 Å². The molecule has 0 fully saturated rings. The van der Waals surface area contributed by atoms with Crippen molar-refractivity contribution in [2.75, 3.05) is 0 Å². The Morgan fingerprint density at radius 3 is 2.50 bits per heavy atom. The number of carbonyl (C=O) groups excluding carboxylic acids is 1. The quantitative estimate of drug-likeness (QED) is 0.523. The first-order valence-electron chi connectivity index (χ1n) is 2.81. The SMILES string of the molecule is CC1=NNC(=O)C1(C)N=O. The van der Waals surface area contributed by atoms with Crippen LogP contribution in [0.5, 0.6) is 0 Å². The zero-order chi connectivity index (χ0) is 7.78. The molecule has 0 spiro atoms. The lowest BCUT2D eigenvalue weighted by Gasteiger charge is -2.08. The van der Waals surface area contributed by atoms with Gasteiger partial charge in [-0.15, -0.1) is 4.91 Å². The molecule has 0 aromatic rings. The summed E-state index contributed by atoms with van der Waals surface area (Å²) in [6.07, 6.45) is 0. The molecule has 54 valence electrons. The normalized spacial score (nSPS) is 31.4. The third-order valence-electron chi connectivity index (χ3n) is 1.65. The van der Waals surface area contributed by atoms with Crippen LogP contribution >= 0.6 is 0 Å². The molecule has 0 saturated heterocycles. The Morgan fingerprint density at radius 2 is 2.30 bits per heavy atom. The first kappa shape index (κ1) is 6.85. The predicted molar refractivity (Wildman–Crippen MR) is 35.5 cm³/mol. The van der Waals surface area contributed by atoms with Crippen LogP contribution in [0.25, 0.3) is 0 Å². The number of hydrogen-bond donors (Lipinski definition) is 1. The molecule has 1 aliphatic heterocycles. The maximum Gasteiger partial charge on any atom is 0.277 e.